The van der Waals surface area contributed by atoms with E-state index in [2.05, 4.69) is 10.1 Å². The van der Waals surface area contributed by atoms with Crippen LogP contribution in [0.4, 0.5) is 4.39 Å². The number of aryl methyl sites for hydroxylation is 1. The molecule has 9 nitrogen and oxygen atoms in total. The number of fused-ring (bicyclic) bond motifs is 1. The van der Waals surface area contributed by atoms with Gasteiger partial charge in [0.2, 0.25) is 5.43 Å². The fraction of sp³-hybridized carbons (Fsp3) is 0.257. The summed E-state index contributed by atoms with van der Waals surface area (Å²) < 4.78 is 39.3. The van der Waals surface area contributed by atoms with E-state index >= 15 is 4.39 Å². The largest absolute Gasteiger partial charge is 0.493 e. The van der Waals surface area contributed by atoms with Crippen molar-refractivity contribution in [1.82, 2.24) is 14.8 Å². The predicted octanol–water partition coefficient (Wildman–Crippen LogP) is 6.49. The SMILES string of the molecule is COc1cc2nccc(Oc3ccc(CC(=O)c4nn(C5CCOCC5)cc(-c5ccc(C)cc5)c4=O)cc3F)c2cc1OC. The lowest BCUT2D eigenvalue weighted by Gasteiger charge is -2.24. The maximum Gasteiger partial charge on any atom is 0.218 e. The van der Waals surface area contributed by atoms with Crippen molar-refractivity contribution in [2.45, 2.75) is 32.2 Å². The molecule has 1 aliphatic heterocycles. The van der Waals surface area contributed by atoms with E-state index in [0.717, 1.165) is 18.4 Å². The molecule has 0 aliphatic carbocycles. The van der Waals surface area contributed by atoms with Crippen LogP contribution in [0.25, 0.3) is 22.0 Å². The third-order valence-electron chi connectivity index (χ3n) is 7.92. The van der Waals surface area contributed by atoms with Crippen LogP contribution in [-0.4, -0.2) is 48.0 Å². The van der Waals surface area contributed by atoms with E-state index in [-0.39, 0.29) is 23.9 Å². The van der Waals surface area contributed by atoms with Crippen LogP contribution in [0.1, 0.15) is 40.5 Å². The highest BCUT2D eigenvalue weighted by atomic mass is 19.1. The number of carbonyl (C=O) groups is 1. The van der Waals surface area contributed by atoms with Crippen molar-refractivity contribution >= 4 is 16.7 Å². The van der Waals surface area contributed by atoms with E-state index in [1.165, 1.54) is 26.4 Å². The van der Waals surface area contributed by atoms with Crippen molar-refractivity contribution < 1.29 is 28.1 Å². The Hall–Kier alpha value is -5.09. The van der Waals surface area contributed by atoms with Gasteiger partial charge in [0.1, 0.15) is 5.75 Å². The van der Waals surface area contributed by atoms with Crippen molar-refractivity contribution in [3.63, 3.8) is 0 Å². The van der Waals surface area contributed by atoms with Crippen molar-refractivity contribution in [2.75, 3.05) is 27.4 Å². The minimum absolute atomic E-state index is 0.00528. The molecular formula is C35H32FN3O6. The molecule has 0 amide bonds. The highest BCUT2D eigenvalue weighted by Gasteiger charge is 2.23. The summed E-state index contributed by atoms with van der Waals surface area (Å²) in [5, 5.41) is 5.11. The second-order valence-corrected chi connectivity index (χ2v) is 10.9. The molecule has 230 valence electrons. The summed E-state index contributed by atoms with van der Waals surface area (Å²) >= 11 is 0. The van der Waals surface area contributed by atoms with Crippen LogP contribution in [0.3, 0.4) is 0 Å². The number of aromatic nitrogens is 3. The molecule has 6 rings (SSSR count). The average molecular weight is 610 g/mol. The molecule has 3 aromatic carbocycles. The van der Waals surface area contributed by atoms with Crippen molar-refractivity contribution in [3.8, 4) is 34.1 Å². The third-order valence-corrected chi connectivity index (χ3v) is 7.92. The van der Waals surface area contributed by atoms with Gasteiger partial charge in [0.25, 0.3) is 0 Å². The minimum atomic E-state index is -0.660. The zero-order valence-electron chi connectivity index (χ0n) is 25.2. The second-order valence-electron chi connectivity index (χ2n) is 10.9. The van der Waals surface area contributed by atoms with E-state index in [9.17, 15) is 9.59 Å². The first-order valence-corrected chi connectivity index (χ1v) is 14.6. The Morgan fingerprint density at radius 2 is 1.69 bits per heavy atom. The number of ketones is 1. The molecule has 1 fully saturated rings. The van der Waals surface area contributed by atoms with Gasteiger partial charge in [0, 0.05) is 49.0 Å². The maximum absolute atomic E-state index is 15.4. The van der Waals surface area contributed by atoms with Crippen LogP contribution in [0.2, 0.25) is 0 Å². The number of benzene rings is 3. The van der Waals surface area contributed by atoms with Gasteiger partial charge < -0.3 is 18.9 Å². The van der Waals surface area contributed by atoms with E-state index in [4.69, 9.17) is 18.9 Å². The first-order chi connectivity index (χ1) is 21.8. The summed E-state index contributed by atoms with van der Waals surface area (Å²) in [6.07, 6.45) is 4.51. The molecule has 5 aromatic rings. The summed E-state index contributed by atoms with van der Waals surface area (Å²) in [4.78, 5) is 31.5. The van der Waals surface area contributed by atoms with Crippen molar-refractivity contribution in [2.24, 2.45) is 0 Å². The van der Waals surface area contributed by atoms with Crippen LogP contribution >= 0.6 is 0 Å². The third kappa shape index (κ3) is 6.28. The Balaban J connectivity index is 1.28. The van der Waals surface area contributed by atoms with Gasteiger partial charge in [-0.2, -0.15) is 5.10 Å². The molecule has 0 unspecified atom stereocenters. The number of hydrogen-bond donors (Lipinski definition) is 0. The molecule has 0 bridgehead atoms. The topological polar surface area (TPSA) is 102 Å². The van der Waals surface area contributed by atoms with Gasteiger partial charge in [-0.05, 0) is 55.2 Å². The molecule has 1 aliphatic rings. The molecular weight excluding hydrogens is 577 g/mol. The zero-order chi connectivity index (χ0) is 31.5. The predicted molar refractivity (Wildman–Crippen MR) is 167 cm³/mol. The molecule has 0 radical (unpaired) electrons. The molecule has 1 saturated heterocycles. The lowest BCUT2D eigenvalue weighted by molar-refractivity contribution is 0.0655. The smallest absolute Gasteiger partial charge is 0.218 e. The van der Waals surface area contributed by atoms with Crippen LogP contribution in [0.15, 0.2) is 77.9 Å². The standard InChI is InChI=1S/C35H32FN3O6/c1-21-4-7-23(8-5-21)26-20-39(24-11-14-44-15-12-24)38-34(35(26)41)29(40)17-22-6-9-31(27(36)16-22)45-30-10-13-37-28-19-33(43-3)32(42-2)18-25(28)30/h4-10,13,16,18-20,24H,11-12,14-15,17H2,1-3H3. The summed E-state index contributed by atoms with van der Waals surface area (Å²) in [5.74, 6) is 0.168. The van der Waals surface area contributed by atoms with Gasteiger partial charge >= 0.3 is 0 Å². The molecule has 45 heavy (non-hydrogen) atoms. The summed E-state index contributed by atoms with van der Waals surface area (Å²) in [6.45, 7) is 3.12. The summed E-state index contributed by atoms with van der Waals surface area (Å²) in [6, 6.07) is 16.9. The zero-order valence-corrected chi connectivity index (χ0v) is 25.2. The first-order valence-electron chi connectivity index (χ1n) is 14.6. The highest BCUT2D eigenvalue weighted by Crippen LogP contribution is 2.37. The van der Waals surface area contributed by atoms with Crippen LogP contribution in [0, 0.1) is 12.7 Å². The number of ether oxygens (including phenoxy) is 4. The Morgan fingerprint density at radius 1 is 0.956 bits per heavy atom. The Kier molecular flexibility index (Phi) is 8.57. The molecule has 3 heterocycles. The number of Topliss-reactive ketones (excluding diaryl/α,β-unsaturated/α-hetero) is 1. The number of carbonyl (C=O) groups excluding carboxylic acids is 1. The van der Waals surface area contributed by atoms with Gasteiger partial charge in [-0.25, -0.2) is 4.39 Å². The summed E-state index contributed by atoms with van der Waals surface area (Å²) in [5.41, 5.74) is 2.50. The van der Waals surface area contributed by atoms with E-state index in [0.29, 0.717) is 58.1 Å². The lowest BCUT2D eigenvalue weighted by atomic mass is 10.0. The summed E-state index contributed by atoms with van der Waals surface area (Å²) in [7, 11) is 3.05. The Morgan fingerprint density at radius 3 is 2.40 bits per heavy atom. The van der Waals surface area contributed by atoms with Crippen LogP contribution in [0.5, 0.6) is 23.0 Å². The fourth-order valence-corrected chi connectivity index (χ4v) is 5.43. The molecule has 0 N–H and O–H groups in total. The Bertz CT molecular complexity index is 1930. The van der Waals surface area contributed by atoms with E-state index in [1.807, 2.05) is 31.2 Å². The molecule has 0 spiro atoms. The minimum Gasteiger partial charge on any atom is -0.493 e. The highest BCUT2D eigenvalue weighted by molar-refractivity contribution is 5.96. The van der Waals surface area contributed by atoms with Gasteiger partial charge in [0.05, 0.1) is 25.8 Å². The number of rotatable bonds is 9. The second kappa shape index (κ2) is 12.9. The number of methoxy groups -OCH3 is 2. The van der Waals surface area contributed by atoms with Crippen molar-refractivity contribution in [3.05, 3.63) is 106 Å². The number of halogens is 1. The van der Waals surface area contributed by atoms with Crippen molar-refractivity contribution in [1.29, 1.82) is 0 Å². The monoisotopic (exact) mass is 609 g/mol. The molecule has 0 saturated carbocycles. The maximum atomic E-state index is 15.4. The van der Waals surface area contributed by atoms with Crippen LogP contribution < -0.4 is 19.6 Å². The average Bonchev–Trinajstić information content (AvgIpc) is 3.06. The number of hydrogen-bond acceptors (Lipinski definition) is 8. The van der Waals surface area contributed by atoms with E-state index < -0.39 is 17.0 Å². The van der Waals surface area contributed by atoms with Crippen LogP contribution in [-0.2, 0) is 11.2 Å². The molecule has 0 atom stereocenters. The van der Waals surface area contributed by atoms with Gasteiger partial charge in [0.15, 0.2) is 34.5 Å². The van der Waals surface area contributed by atoms with E-state index in [1.54, 1.807) is 41.3 Å². The number of nitrogens with zero attached hydrogens (tertiary/aromatic N) is 3. The lowest BCUT2D eigenvalue weighted by Crippen LogP contribution is -2.29. The first kappa shape index (κ1) is 30.0. The van der Waals surface area contributed by atoms with Gasteiger partial charge in [-0.1, -0.05) is 35.9 Å². The molecule has 2 aromatic heterocycles. The quantitative estimate of drug-likeness (QED) is 0.175. The fourth-order valence-electron chi connectivity index (χ4n) is 5.43. The van der Waals surface area contributed by atoms with Gasteiger partial charge in [-0.3, -0.25) is 19.3 Å². The van der Waals surface area contributed by atoms with Gasteiger partial charge in [-0.15, -0.1) is 0 Å². The Labute approximate surface area is 259 Å². The number of pyridine rings is 1. The molecule has 10 heteroatoms. The normalized spacial score (nSPS) is 13.5.